The van der Waals surface area contributed by atoms with Crippen molar-refractivity contribution in [3.8, 4) is 0 Å². The second-order valence-corrected chi connectivity index (χ2v) is 20.2. The third kappa shape index (κ3) is 11.1. The Balaban J connectivity index is 1.63. The number of methoxy groups -OCH3 is 2. The van der Waals surface area contributed by atoms with Gasteiger partial charge < -0.3 is 57.7 Å². The molecule has 0 bridgehead atoms. The summed E-state index contributed by atoms with van der Waals surface area (Å²) in [4.78, 5) is 47.9. The molecule has 0 aromatic carbocycles. The van der Waals surface area contributed by atoms with Gasteiger partial charge >= 0.3 is 11.9 Å². The molecule has 1 saturated carbocycles. The fraction of sp³-hybridized carbons (Fsp3) is 0.935. The maximum absolute atomic E-state index is 14.5. The third-order valence-corrected chi connectivity index (χ3v) is 15.1. The van der Waals surface area contributed by atoms with Crippen LogP contribution >= 0.6 is 0 Å². The highest BCUT2D eigenvalue weighted by atomic mass is 16.7. The number of morpholine rings is 1. The Bertz CT molecular complexity index is 1550. The number of rotatable bonds is 12. The van der Waals surface area contributed by atoms with Crippen molar-refractivity contribution in [3.63, 3.8) is 0 Å². The molecule has 5 fully saturated rings. The first-order valence-electron chi connectivity index (χ1n) is 23.1. The number of aliphatic hydroxyl groups excluding tert-OH is 1. The van der Waals surface area contributed by atoms with Crippen LogP contribution in [-0.4, -0.2) is 202 Å². The van der Waals surface area contributed by atoms with E-state index in [1.165, 1.54) is 6.92 Å². The number of ether oxygens (including phenoxy) is 9. The molecule has 0 radical (unpaired) electrons. The number of hydrogen-bond donors (Lipinski definition) is 2. The van der Waals surface area contributed by atoms with Crippen molar-refractivity contribution >= 4 is 17.7 Å². The predicted octanol–water partition coefficient (Wildman–Crippen LogP) is 2.50. The van der Waals surface area contributed by atoms with Gasteiger partial charge in [0.05, 0.1) is 61.3 Å². The Morgan fingerprint density at radius 2 is 1.49 bits per heavy atom. The summed E-state index contributed by atoms with van der Waals surface area (Å²) in [5.74, 6) is -5.34. The molecular formula is C46H81N3O14. The van der Waals surface area contributed by atoms with Gasteiger partial charge in [0, 0.05) is 83.5 Å². The van der Waals surface area contributed by atoms with E-state index in [1.807, 2.05) is 34.9 Å². The van der Waals surface area contributed by atoms with Crippen LogP contribution in [0.4, 0.5) is 0 Å². The molecule has 0 aromatic rings. The van der Waals surface area contributed by atoms with E-state index in [0.29, 0.717) is 13.2 Å². The molecule has 17 heteroatoms. The molecule has 19 atom stereocenters. The molecule has 5 rings (SSSR count). The monoisotopic (exact) mass is 900 g/mol. The molecule has 0 amide bonds. The summed E-state index contributed by atoms with van der Waals surface area (Å²) in [5.41, 5.74) is -4.05. The van der Waals surface area contributed by atoms with E-state index in [1.54, 1.807) is 48.8 Å². The zero-order valence-corrected chi connectivity index (χ0v) is 40.7. The molecule has 4 heterocycles. The highest BCUT2D eigenvalue weighted by Gasteiger charge is 2.70. The molecule has 1 aliphatic carbocycles. The van der Waals surface area contributed by atoms with Crippen LogP contribution in [0.1, 0.15) is 88.5 Å². The zero-order valence-electron chi connectivity index (χ0n) is 40.7. The van der Waals surface area contributed by atoms with E-state index in [4.69, 9.17) is 42.6 Å². The van der Waals surface area contributed by atoms with Gasteiger partial charge in [0.15, 0.2) is 18.7 Å². The lowest BCUT2D eigenvalue weighted by atomic mass is 9.75. The number of nitrogens with zero attached hydrogens (tertiary/aromatic N) is 3. The van der Waals surface area contributed by atoms with Crippen LogP contribution in [0.15, 0.2) is 0 Å². The second kappa shape index (κ2) is 21.0. The quantitative estimate of drug-likeness (QED) is 0.272. The Morgan fingerprint density at radius 1 is 0.873 bits per heavy atom. The lowest BCUT2D eigenvalue weighted by Gasteiger charge is -2.53. The number of Topliss-reactive ketones (excluding diaryl/α,β-unsaturated/α-hetero) is 1. The lowest BCUT2D eigenvalue weighted by molar-refractivity contribution is -0.316. The maximum Gasteiger partial charge on any atom is 0.311 e. The first-order valence-corrected chi connectivity index (χ1v) is 23.1. The fourth-order valence-electron chi connectivity index (χ4n) is 11.0. The summed E-state index contributed by atoms with van der Waals surface area (Å²) in [5, 5.41) is 23.3. The van der Waals surface area contributed by atoms with Gasteiger partial charge in [-0.25, -0.2) is 0 Å². The largest absolute Gasteiger partial charge is 0.458 e. The van der Waals surface area contributed by atoms with E-state index in [-0.39, 0.29) is 36.8 Å². The van der Waals surface area contributed by atoms with Crippen LogP contribution in [-0.2, 0) is 57.0 Å². The highest BCUT2D eigenvalue weighted by Crippen LogP contribution is 2.52. The summed E-state index contributed by atoms with van der Waals surface area (Å²) in [6.07, 6.45) is -6.66. The molecule has 4 saturated heterocycles. The van der Waals surface area contributed by atoms with Gasteiger partial charge in [-0.05, 0) is 68.6 Å². The van der Waals surface area contributed by atoms with E-state index in [2.05, 4.69) is 28.7 Å². The summed E-state index contributed by atoms with van der Waals surface area (Å²) in [7, 11) is 9.31. The zero-order chi connectivity index (χ0) is 46.9. The molecule has 0 spiro atoms. The van der Waals surface area contributed by atoms with Gasteiger partial charge in [-0.15, -0.1) is 0 Å². The number of esters is 2. The molecule has 17 nitrogen and oxygen atoms in total. The number of likely N-dealkylation sites (N-methyl/N-ethyl adjacent to an activating group) is 2. The van der Waals surface area contributed by atoms with Crippen LogP contribution in [0.2, 0.25) is 0 Å². The maximum atomic E-state index is 14.5. The van der Waals surface area contributed by atoms with Crippen molar-refractivity contribution in [3.05, 3.63) is 0 Å². The molecule has 63 heavy (non-hydrogen) atoms. The Kier molecular flexibility index (Phi) is 17.3. The molecule has 4 aliphatic heterocycles. The minimum atomic E-state index is -1.82. The standard InChI is InChI=1S/C46H81N3O14/c1-25-23-44(9,55-14)39(63-43-35(48(13)17-16-47(11)12)33(22-26(2)58-43)49-18-20-57-21-19-49)28(4)37(61-34-24-45(10,56-15)41(31(7)59-34)60-32(8)50)29(5)42(53)62-40-30(6)46(40,54)38(52)27(3)36(25)51/h25-31,33-35,37-41,43,52,54H,16-24H2,1-15H3/t25-,26-,27+,28+,29-,30?,31+,33-,34+,35+,37+,38-,39-,40-,41+,43+,44+,45-,46+/m1/s1. The van der Waals surface area contributed by atoms with Crippen LogP contribution in [0.5, 0.6) is 0 Å². The number of ketones is 1. The molecule has 364 valence electrons. The minimum absolute atomic E-state index is 0.0505. The van der Waals surface area contributed by atoms with Crippen molar-refractivity contribution in [1.82, 2.24) is 14.7 Å². The molecule has 5 aliphatic rings. The average Bonchev–Trinajstić information content (AvgIpc) is 3.77. The van der Waals surface area contributed by atoms with Crippen molar-refractivity contribution in [2.75, 3.05) is 74.8 Å². The van der Waals surface area contributed by atoms with E-state index < -0.39 is 108 Å². The highest BCUT2D eigenvalue weighted by molar-refractivity contribution is 5.84. The van der Waals surface area contributed by atoms with Crippen LogP contribution in [0.3, 0.4) is 0 Å². The summed E-state index contributed by atoms with van der Waals surface area (Å²) in [6, 6.07) is -0.191. The molecule has 2 N–H and O–H groups in total. The summed E-state index contributed by atoms with van der Waals surface area (Å²) < 4.78 is 57.8. The van der Waals surface area contributed by atoms with Gasteiger partial charge in [-0.1, -0.05) is 27.7 Å². The van der Waals surface area contributed by atoms with Gasteiger partial charge in [0.25, 0.3) is 0 Å². The van der Waals surface area contributed by atoms with Crippen LogP contribution in [0, 0.1) is 29.6 Å². The topological polar surface area (TPSA) is 184 Å². The van der Waals surface area contributed by atoms with Crippen molar-refractivity contribution in [1.29, 1.82) is 0 Å². The smallest absolute Gasteiger partial charge is 0.311 e. The van der Waals surface area contributed by atoms with Gasteiger partial charge in [0.1, 0.15) is 23.1 Å². The molecule has 1 unspecified atom stereocenters. The first-order chi connectivity index (χ1) is 29.4. The number of aliphatic hydroxyl groups is 2. The number of fused-ring (bicyclic) bond motifs is 1. The van der Waals surface area contributed by atoms with Gasteiger partial charge in [-0.3, -0.25) is 24.2 Å². The second-order valence-electron chi connectivity index (χ2n) is 20.2. The van der Waals surface area contributed by atoms with Crippen molar-refractivity contribution in [2.45, 2.75) is 173 Å². The minimum Gasteiger partial charge on any atom is -0.458 e. The average molecular weight is 900 g/mol. The third-order valence-electron chi connectivity index (χ3n) is 15.1. The van der Waals surface area contributed by atoms with Crippen molar-refractivity contribution in [2.24, 2.45) is 29.6 Å². The number of carbonyl (C=O) groups is 3. The first kappa shape index (κ1) is 52.1. The van der Waals surface area contributed by atoms with Crippen LogP contribution in [0.25, 0.3) is 0 Å². The summed E-state index contributed by atoms with van der Waals surface area (Å²) in [6.45, 7) is 22.0. The van der Waals surface area contributed by atoms with E-state index in [9.17, 15) is 24.6 Å². The molecular weight excluding hydrogens is 819 g/mol. The predicted molar refractivity (Wildman–Crippen MR) is 231 cm³/mol. The van der Waals surface area contributed by atoms with E-state index in [0.717, 1.165) is 32.6 Å². The fourth-order valence-corrected chi connectivity index (χ4v) is 11.0. The normalized spacial score (nSPS) is 46.0. The van der Waals surface area contributed by atoms with Gasteiger partial charge in [0.2, 0.25) is 0 Å². The summed E-state index contributed by atoms with van der Waals surface area (Å²) >= 11 is 0. The Hall–Kier alpha value is -1.87. The van der Waals surface area contributed by atoms with Gasteiger partial charge in [-0.2, -0.15) is 0 Å². The molecule has 0 aromatic heterocycles. The lowest BCUT2D eigenvalue weighted by Crippen LogP contribution is -2.66. The SMILES string of the molecule is CO[C@]1(C)C[C@H](O[C@H]2[C@H](C)[C@@H](O[C@@H]3O[C@H](C)C[C@@H](N4CCOCC4)[C@@H]3N(C)CCN(C)C)[C@@](C)(OC)C[C@@H](C)C(=O)[C@H](C)[C@@H](O)[C@@]3(O)C(C)[C@H]3OC(=O)[C@@H]2C)O[C@@H](C)[C@@H]1OC(C)=O. The van der Waals surface area contributed by atoms with E-state index >= 15 is 0 Å². The van der Waals surface area contributed by atoms with Crippen LogP contribution < -0.4 is 0 Å². The number of hydrogen-bond acceptors (Lipinski definition) is 17. The Morgan fingerprint density at radius 3 is 2.08 bits per heavy atom. The Labute approximate surface area is 376 Å². The van der Waals surface area contributed by atoms with Crippen molar-refractivity contribution < 1.29 is 67.2 Å². The number of carbonyl (C=O) groups excluding carboxylic acids is 3.